The van der Waals surface area contributed by atoms with Crippen molar-refractivity contribution in [3.63, 3.8) is 0 Å². The Morgan fingerprint density at radius 3 is 1.25 bits per heavy atom. The highest BCUT2D eigenvalue weighted by Crippen LogP contribution is 2.53. The summed E-state index contributed by atoms with van der Waals surface area (Å²) in [6.07, 6.45) is 3.78. The maximum atomic E-state index is 14.4. The Hall–Kier alpha value is -5.62. The maximum absolute atomic E-state index is 14.4. The standard InChI is InChI=1S/C54H58O6/c1-33(2)41-27-25-35(5)29-47(41)57-53(55)59-51-43-23-15-13-21-39(43)31-45(37-17-9-7-10-18-37)49(51)50-46(38-19-11-8-12-20-38)32-40-22-14-16-24-44(40)52(50)60-54(56)58-48-30-36(6)26-28-42(48)34(3)4/h7-24,31-36,41-42,47-48H,25-30H2,1-6H3/t35-,36-,41+,42+,47-,48-/m1/s1. The molecule has 60 heavy (non-hydrogen) atoms. The summed E-state index contributed by atoms with van der Waals surface area (Å²) in [5.74, 6) is 2.74. The molecule has 6 aromatic rings. The van der Waals surface area contributed by atoms with Gasteiger partial charge in [-0.2, -0.15) is 0 Å². The van der Waals surface area contributed by atoms with E-state index in [0.717, 1.165) is 82.3 Å². The second-order valence-corrected chi connectivity index (χ2v) is 18.1. The lowest BCUT2D eigenvalue weighted by Crippen LogP contribution is -2.36. The summed E-state index contributed by atoms with van der Waals surface area (Å²) in [6, 6.07) is 40.4. The topological polar surface area (TPSA) is 71.1 Å². The first-order valence-corrected chi connectivity index (χ1v) is 22.0. The van der Waals surface area contributed by atoms with Crippen LogP contribution in [0.2, 0.25) is 0 Å². The van der Waals surface area contributed by atoms with Gasteiger partial charge in [0, 0.05) is 21.9 Å². The van der Waals surface area contributed by atoms with E-state index in [-0.39, 0.29) is 24.0 Å². The molecular formula is C54H58O6. The lowest BCUT2D eigenvalue weighted by Gasteiger charge is -2.36. The molecule has 6 atom stereocenters. The van der Waals surface area contributed by atoms with Gasteiger partial charge in [0.05, 0.1) is 0 Å². The molecule has 0 N–H and O–H groups in total. The van der Waals surface area contributed by atoms with E-state index in [1.807, 2.05) is 84.9 Å². The number of carbonyl (C=O) groups is 2. The summed E-state index contributed by atoms with van der Waals surface area (Å²) >= 11 is 0. The van der Waals surface area contributed by atoms with Crippen molar-refractivity contribution in [2.45, 2.75) is 92.3 Å². The van der Waals surface area contributed by atoms with E-state index in [0.29, 0.717) is 46.3 Å². The van der Waals surface area contributed by atoms with Crippen molar-refractivity contribution in [1.82, 2.24) is 0 Å². The molecule has 0 aromatic heterocycles. The number of benzene rings is 6. The fourth-order valence-electron chi connectivity index (χ4n) is 9.99. The van der Waals surface area contributed by atoms with Gasteiger partial charge in [-0.3, -0.25) is 0 Å². The van der Waals surface area contributed by atoms with Gasteiger partial charge in [-0.15, -0.1) is 0 Å². The molecule has 6 heteroatoms. The monoisotopic (exact) mass is 802 g/mol. The van der Waals surface area contributed by atoms with Crippen LogP contribution in [0.25, 0.3) is 54.9 Å². The van der Waals surface area contributed by atoms with Crippen LogP contribution in [0.3, 0.4) is 0 Å². The van der Waals surface area contributed by atoms with Crippen molar-refractivity contribution in [1.29, 1.82) is 0 Å². The zero-order chi connectivity index (χ0) is 41.9. The van der Waals surface area contributed by atoms with E-state index in [9.17, 15) is 9.59 Å². The third kappa shape index (κ3) is 8.66. The summed E-state index contributed by atoms with van der Waals surface area (Å²) in [6.45, 7) is 13.3. The highest BCUT2D eigenvalue weighted by atomic mass is 16.7. The van der Waals surface area contributed by atoms with E-state index in [2.05, 4.69) is 77.9 Å². The summed E-state index contributed by atoms with van der Waals surface area (Å²) in [5.41, 5.74) is 4.69. The molecule has 2 fully saturated rings. The van der Waals surface area contributed by atoms with Gasteiger partial charge in [-0.25, -0.2) is 9.59 Å². The molecule has 310 valence electrons. The van der Waals surface area contributed by atoms with Crippen LogP contribution in [0.5, 0.6) is 11.5 Å². The predicted octanol–water partition coefficient (Wildman–Crippen LogP) is 14.9. The lowest BCUT2D eigenvalue weighted by molar-refractivity contribution is -0.0143. The zero-order valence-corrected chi connectivity index (χ0v) is 35.9. The Kier molecular flexibility index (Phi) is 12.3. The van der Waals surface area contributed by atoms with Crippen molar-refractivity contribution >= 4 is 33.9 Å². The molecule has 6 aromatic carbocycles. The molecule has 0 aliphatic heterocycles. The Morgan fingerprint density at radius 1 is 0.500 bits per heavy atom. The molecule has 6 nitrogen and oxygen atoms in total. The van der Waals surface area contributed by atoms with Crippen LogP contribution in [0.4, 0.5) is 9.59 Å². The van der Waals surface area contributed by atoms with Gasteiger partial charge < -0.3 is 18.9 Å². The molecule has 0 bridgehead atoms. The quantitative estimate of drug-likeness (QED) is 0.107. The van der Waals surface area contributed by atoms with Crippen molar-refractivity contribution < 1.29 is 28.5 Å². The van der Waals surface area contributed by atoms with E-state index in [1.165, 1.54) is 0 Å². The van der Waals surface area contributed by atoms with Gasteiger partial charge in [0.25, 0.3) is 0 Å². The normalized spacial score (nSPS) is 21.9. The molecule has 0 spiro atoms. The van der Waals surface area contributed by atoms with Gasteiger partial charge in [0.15, 0.2) is 11.5 Å². The fraction of sp³-hybridized carbons (Fsp3) is 0.370. The van der Waals surface area contributed by atoms with Crippen molar-refractivity contribution in [2.75, 3.05) is 0 Å². The molecular weight excluding hydrogens is 745 g/mol. The Morgan fingerprint density at radius 2 is 0.867 bits per heavy atom. The Labute approximate surface area is 355 Å². The van der Waals surface area contributed by atoms with Gasteiger partial charge in [0.2, 0.25) is 0 Å². The minimum atomic E-state index is -0.744. The summed E-state index contributed by atoms with van der Waals surface area (Å²) in [7, 11) is 0. The van der Waals surface area contributed by atoms with Crippen LogP contribution in [0.15, 0.2) is 121 Å². The Bertz CT molecular complexity index is 2280. The molecule has 0 saturated heterocycles. The van der Waals surface area contributed by atoms with E-state index in [4.69, 9.17) is 18.9 Å². The van der Waals surface area contributed by atoms with E-state index >= 15 is 0 Å². The molecule has 0 unspecified atom stereocenters. The third-order valence-corrected chi connectivity index (χ3v) is 13.2. The predicted molar refractivity (Wildman–Crippen MR) is 242 cm³/mol. The first-order chi connectivity index (χ1) is 29.0. The highest BCUT2D eigenvalue weighted by Gasteiger charge is 2.37. The third-order valence-electron chi connectivity index (χ3n) is 13.2. The van der Waals surface area contributed by atoms with E-state index < -0.39 is 12.3 Å². The minimum absolute atomic E-state index is 0.235. The van der Waals surface area contributed by atoms with Gasteiger partial charge in [0.1, 0.15) is 12.2 Å². The molecule has 0 heterocycles. The van der Waals surface area contributed by atoms with Crippen molar-refractivity contribution in [3.8, 4) is 44.9 Å². The van der Waals surface area contributed by atoms with Crippen LogP contribution in [-0.4, -0.2) is 24.5 Å². The number of hydrogen-bond donors (Lipinski definition) is 0. The first-order valence-electron chi connectivity index (χ1n) is 22.0. The molecule has 0 amide bonds. The summed E-state index contributed by atoms with van der Waals surface area (Å²) in [5, 5.41) is 3.25. The molecule has 2 aliphatic carbocycles. The molecule has 2 saturated carbocycles. The van der Waals surface area contributed by atoms with Crippen LogP contribution in [0.1, 0.15) is 80.1 Å². The van der Waals surface area contributed by atoms with Crippen LogP contribution in [0, 0.1) is 35.5 Å². The average Bonchev–Trinajstić information content (AvgIpc) is 3.24. The van der Waals surface area contributed by atoms with Crippen molar-refractivity contribution in [3.05, 3.63) is 121 Å². The number of rotatable bonds is 9. The van der Waals surface area contributed by atoms with Crippen LogP contribution >= 0.6 is 0 Å². The lowest BCUT2D eigenvalue weighted by atomic mass is 9.75. The van der Waals surface area contributed by atoms with E-state index in [1.54, 1.807) is 0 Å². The summed E-state index contributed by atoms with van der Waals surface area (Å²) in [4.78, 5) is 28.9. The molecule has 8 rings (SSSR count). The largest absolute Gasteiger partial charge is 0.514 e. The fourth-order valence-corrected chi connectivity index (χ4v) is 9.99. The Balaban J connectivity index is 1.37. The van der Waals surface area contributed by atoms with Crippen LogP contribution < -0.4 is 9.47 Å². The number of hydrogen-bond acceptors (Lipinski definition) is 6. The van der Waals surface area contributed by atoms with Gasteiger partial charge in [-0.1, -0.05) is 164 Å². The summed E-state index contributed by atoms with van der Waals surface area (Å²) < 4.78 is 26.0. The number of fused-ring (bicyclic) bond motifs is 2. The zero-order valence-electron chi connectivity index (χ0n) is 35.9. The second-order valence-electron chi connectivity index (χ2n) is 18.1. The molecule has 2 aliphatic rings. The number of carbonyl (C=O) groups excluding carboxylic acids is 2. The smallest absolute Gasteiger partial charge is 0.430 e. The van der Waals surface area contributed by atoms with Crippen molar-refractivity contribution in [2.24, 2.45) is 35.5 Å². The average molecular weight is 803 g/mol. The SMILES string of the molecule is CC(C)[C@@H]1CC[C@@H](C)C[C@H]1OC(=O)Oc1c(-c2c(-c3ccccc3)cc3ccccc3c2OC(=O)O[C@@H]2C[C@H](C)CC[C@H]2C(C)C)c(-c2ccccc2)cc2ccccc12. The highest BCUT2D eigenvalue weighted by molar-refractivity contribution is 6.12. The minimum Gasteiger partial charge on any atom is -0.430 e. The van der Waals surface area contributed by atoms with Crippen LogP contribution in [-0.2, 0) is 9.47 Å². The second kappa shape index (κ2) is 17.9. The first kappa shape index (κ1) is 41.1. The van der Waals surface area contributed by atoms with Gasteiger partial charge >= 0.3 is 12.3 Å². The number of ether oxygens (including phenoxy) is 4. The maximum Gasteiger partial charge on any atom is 0.514 e. The van der Waals surface area contributed by atoms with Gasteiger partial charge in [-0.05, 0) is 106 Å². The molecule has 0 radical (unpaired) electrons.